The van der Waals surface area contributed by atoms with Gasteiger partial charge < -0.3 is 10.2 Å². The van der Waals surface area contributed by atoms with Gasteiger partial charge >= 0.3 is 11.8 Å². The highest BCUT2D eigenvalue weighted by atomic mass is 16.2. The van der Waals surface area contributed by atoms with Crippen LogP contribution in [0, 0.1) is 0 Å². The van der Waals surface area contributed by atoms with Gasteiger partial charge in [-0.25, -0.2) is 5.84 Å². The monoisotopic (exact) mass is 214 g/mol. The van der Waals surface area contributed by atoms with E-state index in [0.717, 1.165) is 0 Å². The van der Waals surface area contributed by atoms with Gasteiger partial charge in [0.1, 0.15) is 6.04 Å². The molecule has 1 rings (SSSR count). The van der Waals surface area contributed by atoms with Crippen molar-refractivity contribution >= 4 is 17.7 Å². The Hall–Kier alpha value is -1.63. The van der Waals surface area contributed by atoms with Crippen molar-refractivity contribution in [2.24, 2.45) is 5.84 Å². The van der Waals surface area contributed by atoms with Crippen molar-refractivity contribution in [3.8, 4) is 0 Å². The molecule has 0 bridgehead atoms. The molecule has 1 fully saturated rings. The Morgan fingerprint density at radius 2 is 2.33 bits per heavy atom. The van der Waals surface area contributed by atoms with Crippen LogP contribution >= 0.6 is 0 Å². The molecule has 84 valence electrons. The van der Waals surface area contributed by atoms with E-state index in [9.17, 15) is 14.4 Å². The van der Waals surface area contributed by atoms with Crippen LogP contribution in [-0.2, 0) is 14.4 Å². The van der Waals surface area contributed by atoms with Crippen LogP contribution in [0.25, 0.3) is 0 Å². The van der Waals surface area contributed by atoms with Crippen molar-refractivity contribution in [1.29, 1.82) is 0 Å². The summed E-state index contributed by atoms with van der Waals surface area (Å²) >= 11 is 0. The first-order valence-electron chi connectivity index (χ1n) is 4.71. The average molecular weight is 214 g/mol. The number of nitrogens with zero attached hydrogens (tertiary/aromatic N) is 1. The first-order valence-corrected chi connectivity index (χ1v) is 4.71. The van der Waals surface area contributed by atoms with Gasteiger partial charge in [-0.15, -0.1) is 0 Å². The smallest absolute Gasteiger partial charge is 0.323 e. The fourth-order valence-electron chi connectivity index (χ4n) is 1.56. The molecule has 1 heterocycles. The van der Waals surface area contributed by atoms with Crippen LogP contribution in [0.4, 0.5) is 0 Å². The SMILES string of the molecule is CCC1C(=O)NCCN1C(=O)C(=O)NN. The first-order chi connectivity index (χ1) is 7.11. The lowest BCUT2D eigenvalue weighted by Gasteiger charge is -2.33. The minimum atomic E-state index is -0.900. The molecule has 0 radical (unpaired) electrons. The summed E-state index contributed by atoms with van der Waals surface area (Å²) in [6.07, 6.45) is 0.468. The quantitative estimate of drug-likeness (QED) is 0.198. The van der Waals surface area contributed by atoms with E-state index in [1.54, 1.807) is 12.3 Å². The summed E-state index contributed by atoms with van der Waals surface area (Å²) < 4.78 is 0. The number of hydrogen-bond donors (Lipinski definition) is 3. The number of carbonyl (C=O) groups excluding carboxylic acids is 3. The Bertz CT molecular complexity index is 292. The van der Waals surface area contributed by atoms with Crippen molar-refractivity contribution in [2.75, 3.05) is 13.1 Å². The molecular formula is C8H14N4O3. The predicted molar refractivity (Wildman–Crippen MR) is 51.1 cm³/mol. The summed E-state index contributed by atoms with van der Waals surface area (Å²) in [5.74, 6) is 2.95. The number of nitrogens with one attached hydrogen (secondary N) is 2. The van der Waals surface area contributed by atoms with Crippen LogP contribution in [0.15, 0.2) is 0 Å². The molecule has 1 saturated heterocycles. The molecule has 0 spiro atoms. The molecule has 0 saturated carbocycles. The minimum Gasteiger partial charge on any atom is -0.353 e. The number of hydrogen-bond acceptors (Lipinski definition) is 4. The van der Waals surface area contributed by atoms with Crippen molar-refractivity contribution < 1.29 is 14.4 Å². The summed E-state index contributed by atoms with van der Waals surface area (Å²) in [5, 5.41) is 2.63. The topological polar surface area (TPSA) is 105 Å². The Morgan fingerprint density at radius 3 is 2.87 bits per heavy atom. The molecule has 3 amide bonds. The van der Waals surface area contributed by atoms with Crippen LogP contribution in [0.2, 0.25) is 0 Å². The predicted octanol–water partition coefficient (Wildman–Crippen LogP) is -2.29. The second kappa shape index (κ2) is 4.74. The summed E-state index contributed by atoms with van der Waals surface area (Å²) in [6, 6.07) is -0.580. The summed E-state index contributed by atoms with van der Waals surface area (Å²) in [6.45, 7) is 2.46. The molecule has 1 unspecified atom stereocenters. The second-order valence-electron chi connectivity index (χ2n) is 3.19. The van der Waals surface area contributed by atoms with E-state index in [-0.39, 0.29) is 5.91 Å². The Balaban J connectivity index is 2.78. The molecular weight excluding hydrogens is 200 g/mol. The number of piperazine rings is 1. The lowest BCUT2D eigenvalue weighted by atomic mass is 10.1. The molecule has 1 aliphatic rings. The van der Waals surface area contributed by atoms with Crippen molar-refractivity contribution in [2.45, 2.75) is 19.4 Å². The van der Waals surface area contributed by atoms with Crippen molar-refractivity contribution in [3.63, 3.8) is 0 Å². The highest BCUT2D eigenvalue weighted by Gasteiger charge is 2.34. The van der Waals surface area contributed by atoms with E-state index in [1.807, 2.05) is 0 Å². The van der Waals surface area contributed by atoms with Crippen LogP contribution < -0.4 is 16.6 Å². The molecule has 1 aliphatic heterocycles. The normalized spacial score (nSPS) is 20.8. The van der Waals surface area contributed by atoms with Crippen LogP contribution in [0.5, 0.6) is 0 Å². The highest BCUT2D eigenvalue weighted by Crippen LogP contribution is 2.08. The average Bonchev–Trinajstić information content (AvgIpc) is 2.26. The zero-order chi connectivity index (χ0) is 11.4. The molecule has 15 heavy (non-hydrogen) atoms. The van der Waals surface area contributed by atoms with Gasteiger partial charge in [-0.05, 0) is 6.42 Å². The molecule has 0 aromatic carbocycles. The molecule has 1 atom stereocenters. The standard InChI is InChI=1S/C8H14N4O3/c1-2-5-6(13)10-3-4-12(5)8(15)7(14)11-9/h5H,2-4,9H2,1H3,(H,10,13)(H,11,14). The van der Waals surface area contributed by atoms with E-state index in [4.69, 9.17) is 5.84 Å². The fourth-order valence-corrected chi connectivity index (χ4v) is 1.56. The van der Waals surface area contributed by atoms with Gasteiger partial charge in [0.05, 0.1) is 0 Å². The lowest BCUT2D eigenvalue weighted by molar-refractivity contribution is -0.151. The molecule has 0 aliphatic carbocycles. The third-order valence-electron chi connectivity index (χ3n) is 2.30. The van der Waals surface area contributed by atoms with E-state index >= 15 is 0 Å². The molecule has 0 aromatic heterocycles. The summed E-state index contributed by atoms with van der Waals surface area (Å²) in [5.41, 5.74) is 1.76. The maximum Gasteiger partial charge on any atom is 0.323 e. The molecule has 7 nitrogen and oxygen atoms in total. The maximum atomic E-state index is 11.5. The lowest BCUT2D eigenvalue weighted by Crippen LogP contribution is -2.60. The Morgan fingerprint density at radius 1 is 1.67 bits per heavy atom. The van der Waals surface area contributed by atoms with E-state index in [2.05, 4.69) is 5.32 Å². The van der Waals surface area contributed by atoms with Crippen LogP contribution in [-0.4, -0.2) is 41.8 Å². The number of rotatable bonds is 1. The zero-order valence-electron chi connectivity index (χ0n) is 8.45. The van der Waals surface area contributed by atoms with Gasteiger partial charge in [-0.1, -0.05) is 6.92 Å². The fraction of sp³-hybridized carbons (Fsp3) is 0.625. The number of amides is 3. The highest BCUT2D eigenvalue weighted by molar-refractivity contribution is 6.35. The van der Waals surface area contributed by atoms with Crippen LogP contribution in [0.1, 0.15) is 13.3 Å². The molecule has 4 N–H and O–H groups in total. The largest absolute Gasteiger partial charge is 0.353 e. The number of nitrogens with two attached hydrogens (primary N) is 1. The van der Waals surface area contributed by atoms with Gasteiger partial charge in [0, 0.05) is 13.1 Å². The van der Waals surface area contributed by atoms with Crippen LogP contribution in [0.3, 0.4) is 0 Å². The summed E-state index contributed by atoms with van der Waals surface area (Å²) in [7, 11) is 0. The van der Waals surface area contributed by atoms with Crippen molar-refractivity contribution in [1.82, 2.24) is 15.6 Å². The van der Waals surface area contributed by atoms with E-state index in [1.165, 1.54) is 4.90 Å². The zero-order valence-corrected chi connectivity index (χ0v) is 8.45. The molecule has 7 heteroatoms. The Labute approximate surface area is 86.9 Å². The van der Waals surface area contributed by atoms with Gasteiger partial charge in [-0.3, -0.25) is 19.8 Å². The van der Waals surface area contributed by atoms with Gasteiger partial charge in [-0.2, -0.15) is 0 Å². The van der Waals surface area contributed by atoms with Gasteiger partial charge in [0.2, 0.25) is 5.91 Å². The minimum absolute atomic E-state index is 0.234. The van der Waals surface area contributed by atoms with Gasteiger partial charge in [0.15, 0.2) is 0 Å². The van der Waals surface area contributed by atoms with E-state index in [0.29, 0.717) is 19.5 Å². The van der Waals surface area contributed by atoms with E-state index < -0.39 is 17.9 Å². The number of hydrazine groups is 1. The Kier molecular flexibility index (Phi) is 3.62. The maximum absolute atomic E-state index is 11.5. The van der Waals surface area contributed by atoms with Gasteiger partial charge in [0.25, 0.3) is 0 Å². The van der Waals surface area contributed by atoms with Crippen molar-refractivity contribution in [3.05, 3.63) is 0 Å². The third-order valence-corrected chi connectivity index (χ3v) is 2.30. The summed E-state index contributed by atoms with van der Waals surface area (Å²) in [4.78, 5) is 35.1. The first kappa shape index (κ1) is 11.4. The second-order valence-corrected chi connectivity index (χ2v) is 3.19. The molecule has 0 aromatic rings. The number of carbonyl (C=O) groups is 3. The third kappa shape index (κ3) is 2.24.